The van der Waals surface area contributed by atoms with E-state index in [0.29, 0.717) is 0 Å². The third-order valence-electron chi connectivity index (χ3n) is 13.6. The molecule has 0 N–H and O–H groups in total. The van der Waals surface area contributed by atoms with E-state index in [1.807, 2.05) is 0 Å². The molecule has 0 bridgehead atoms. The molecule has 10 rings (SSSR count). The number of hydrogen-bond acceptors (Lipinski definition) is 4. The van der Waals surface area contributed by atoms with Crippen LogP contribution in [0.15, 0.2) is 243 Å². The van der Waals surface area contributed by atoms with E-state index in [2.05, 4.69) is 312 Å². The van der Waals surface area contributed by atoms with Crippen molar-refractivity contribution >= 4 is 133 Å². The summed E-state index contributed by atoms with van der Waals surface area (Å²) in [4.78, 5) is 0. The first kappa shape index (κ1) is 58.2. The monoisotopic (exact) mass is 1620 g/mol. The Morgan fingerprint density at radius 1 is 0.190 bits per heavy atom. The topological polar surface area (TPSA) is 36.9 Å². The van der Waals surface area contributed by atoms with Gasteiger partial charge in [-0.25, -0.2) is 0 Å². The second-order valence-electron chi connectivity index (χ2n) is 20.5. The quantitative estimate of drug-likeness (QED) is 0.0804. The average Bonchev–Trinajstić information content (AvgIpc) is 3.58. The van der Waals surface area contributed by atoms with E-state index in [4.69, 9.17) is 2.93 Å². The molecule has 0 spiro atoms. The Hall–Kier alpha value is -4.01. The summed E-state index contributed by atoms with van der Waals surface area (Å²) < 4.78 is 47.1. The molecule has 0 fully saturated rings. The van der Waals surface area contributed by atoms with Crippen LogP contribution in [-0.2, 0) is 5.86 Å². The number of rotatable bonds is 18. The molecule has 4 nitrogen and oxygen atoms in total. The summed E-state index contributed by atoms with van der Waals surface area (Å²) in [6.45, 7) is 21.7. The van der Waals surface area contributed by atoms with E-state index in [1.54, 1.807) is 0 Å². The van der Waals surface area contributed by atoms with Crippen LogP contribution < -0.4 is 36.1 Å². The van der Waals surface area contributed by atoms with Crippen LogP contribution in [0.25, 0.3) is 0 Å². The zero-order valence-electron chi connectivity index (χ0n) is 46.8. The van der Waals surface area contributed by atoms with E-state index in [1.165, 1.54) is 59.0 Å². The van der Waals surface area contributed by atoms with Crippen molar-refractivity contribution in [2.24, 2.45) is 0 Å². The molecule has 0 saturated carbocycles. The van der Waals surface area contributed by atoms with Gasteiger partial charge in [-0.05, 0) is 0 Å². The van der Waals surface area contributed by atoms with Gasteiger partial charge in [-0.15, -0.1) is 0 Å². The maximum absolute atomic E-state index is 9.19. The number of benzene rings is 10. The SMILES string of the molecule is Cc1ccc([Te+](O[Te](O[Te](O[Te](O[Te+](c2ccc(C)cc2)c2ccc(C)cc2)(c2ccc(C)cc2)c2ccc(C)cc2)(c2ccc(C)cc2)c2ccc(C)cc2)(c2ccc(C)cc2)c2ccc(C)cc2)c2ccc(C)cc2)cc1. The van der Waals surface area contributed by atoms with Gasteiger partial charge >= 0.3 is 506 Å². The molecule has 402 valence electrons. The summed E-state index contributed by atoms with van der Waals surface area (Å²) >= 11 is -21.4. The standard InChI is InChI=1S/C70H70O4Te5/c1-51-11-31-61(32-12-51)75(62-33-13-52(2)14-34-62)71-77(65-39-19-55(5)20-40-65,66-41-21-56(6)22-42-66)73-79(69-47-27-59(9)28-48-69,70-49-29-60(10)30-50-70)74-78(67-43-23-57(7)24-44-67,68-45-25-58(8)26-46-68)72-76(63-35-15-53(3)16-36-63)64-37-17-54(4)18-38-64/h11-50H,1-10H3/q+2. The molecular weight excluding hydrogens is 1540 g/mol. The molecule has 0 atom stereocenters. The van der Waals surface area contributed by atoms with Gasteiger partial charge in [0.1, 0.15) is 0 Å². The molecule has 0 aromatic heterocycles. The van der Waals surface area contributed by atoms with E-state index in [0.717, 1.165) is 32.8 Å². The molecule has 0 aliphatic heterocycles. The molecular formula is C70H70O4Te5+2. The van der Waals surface area contributed by atoms with Crippen molar-refractivity contribution in [2.75, 3.05) is 0 Å². The Kier molecular flexibility index (Phi) is 18.9. The number of hydrogen-bond donors (Lipinski definition) is 0. The summed E-state index contributed by atoms with van der Waals surface area (Å²) in [7, 11) is 0. The van der Waals surface area contributed by atoms with Gasteiger partial charge in [0.2, 0.25) is 0 Å². The molecule has 10 aromatic rings. The van der Waals surface area contributed by atoms with E-state index in [9.17, 15) is 2.93 Å². The Bertz CT molecular complexity index is 3180. The van der Waals surface area contributed by atoms with Crippen LogP contribution in [0.3, 0.4) is 0 Å². The van der Waals surface area contributed by atoms with Crippen molar-refractivity contribution < 1.29 is 5.86 Å². The zero-order valence-corrected chi connectivity index (χ0v) is 58.4. The third kappa shape index (κ3) is 13.3. The van der Waals surface area contributed by atoms with E-state index >= 15 is 0 Å². The average molecular weight is 1610 g/mol. The minimum atomic E-state index is -5.21. The first-order chi connectivity index (χ1) is 38.1. The van der Waals surface area contributed by atoms with Gasteiger partial charge in [0.25, 0.3) is 0 Å². The molecule has 0 radical (unpaired) electrons. The molecule has 0 aliphatic rings. The second-order valence-corrected chi connectivity index (χ2v) is 57.6. The van der Waals surface area contributed by atoms with Crippen LogP contribution in [0.4, 0.5) is 0 Å². The second kappa shape index (κ2) is 25.6. The first-order valence-corrected chi connectivity index (χ1v) is 45.9. The Morgan fingerprint density at radius 3 is 0.494 bits per heavy atom. The van der Waals surface area contributed by atoms with Crippen LogP contribution in [0.5, 0.6) is 0 Å². The van der Waals surface area contributed by atoms with Gasteiger partial charge in [-0.1, -0.05) is 0 Å². The van der Waals surface area contributed by atoms with Crippen LogP contribution in [0.2, 0.25) is 0 Å². The van der Waals surface area contributed by atoms with Gasteiger partial charge in [-0.3, -0.25) is 0 Å². The van der Waals surface area contributed by atoms with Gasteiger partial charge in [0.15, 0.2) is 0 Å². The van der Waals surface area contributed by atoms with Crippen molar-refractivity contribution in [2.45, 2.75) is 69.2 Å². The summed E-state index contributed by atoms with van der Waals surface area (Å²) in [6, 6.07) is 91.0. The van der Waals surface area contributed by atoms with Crippen molar-refractivity contribution in [1.29, 1.82) is 0 Å². The third-order valence-corrected chi connectivity index (χ3v) is 68.2. The van der Waals surface area contributed by atoms with Gasteiger partial charge < -0.3 is 0 Å². The first-order valence-electron chi connectivity index (χ1n) is 26.6. The van der Waals surface area contributed by atoms with E-state index < -0.39 is 96.9 Å². The van der Waals surface area contributed by atoms with Gasteiger partial charge in [-0.2, -0.15) is 0 Å². The normalized spacial score (nSPS) is 12.7. The van der Waals surface area contributed by atoms with Gasteiger partial charge in [0, 0.05) is 0 Å². The summed E-state index contributed by atoms with van der Waals surface area (Å²) in [5, 5.41) is 0. The fraction of sp³-hybridized carbons (Fsp3) is 0.143. The van der Waals surface area contributed by atoms with Crippen LogP contribution in [0, 0.1) is 69.2 Å². The van der Waals surface area contributed by atoms with Crippen LogP contribution in [-0.4, -0.2) is 96.9 Å². The zero-order chi connectivity index (χ0) is 55.3. The fourth-order valence-electron chi connectivity index (χ4n) is 8.76. The summed E-state index contributed by atoms with van der Waals surface area (Å²) in [5.41, 5.74) is 11.8. The van der Waals surface area contributed by atoms with E-state index in [-0.39, 0.29) is 0 Å². The molecule has 10 aromatic carbocycles. The van der Waals surface area contributed by atoms with Gasteiger partial charge in [0.05, 0.1) is 0 Å². The van der Waals surface area contributed by atoms with Crippen molar-refractivity contribution in [1.82, 2.24) is 0 Å². The molecule has 79 heavy (non-hydrogen) atoms. The Labute approximate surface area is 500 Å². The Morgan fingerprint density at radius 2 is 0.329 bits per heavy atom. The predicted octanol–water partition coefficient (Wildman–Crippen LogP) is 9.52. The predicted molar refractivity (Wildman–Crippen MR) is 341 cm³/mol. The molecule has 0 saturated heterocycles. The molecule has 0 aliphatic carbocycles. The maximum atomic E-state index is 9.19. The fourth-order valence-corrected chi connectivity index (χ4v) is 83.7. The molecule has 9 heteroatoms. The van der Waals surface area contributed by atoms with Crippen molar-refractivity contribution in [3.8, 4) is 0 Å². The van der Waals surface area contributed by atoms with Crippen LogP contribution >= 0.6 is 0 Å². The van der Waals surface area contributed by atoms with Crippen molar-refractivity contribution in [3.63, 3.8) is 0 Å². The number of aryl methyl sites for hydroxylation is 10. The molecule has 0 amide bonds. The Balaban J connectivity index is 1.36. The van der Waals surface area contributed by atoms with Crippen LogP contribution in [0.1, 0.15) is 55.6 Å². The summed E-state index contributed by atoms with van der Waals surface area (Å²) in [6.07, 6.45) is 0. The molecule has 0 unspecified atom stereocenters. The summed E-state index contributed by atoms with van der Waals surface area (Å²) in [5.74, 6) is 0. The van der Waals surface area contributed by atoms with Crippen molar-refractivity contribution in [3.05, 3.63) is 298 Å². The minimum absolute atomic E-state index is 1.05. The molecule has 0 heterocycles.